The summed E-state index contributed by atoms with van der Waals surface area (Å²) in [5.74, 6) is -7.59. The molecule has 10 heterocycles. The molecule has 10 aliphatic rings. The number of aromatic hydroxyl groups is 2. The smallest absolute Gasteiger partial charge is 0.342 e. The third-order valence-corrected chi connectivity index (χ3v) is 18.7. The number of ketones is 1. The molecule has 0 radical (unpaired) electrons. The number of Topliss-reactive ketones (excluding diaryl/α,β-unsaturated/α-hetero) is 1. The molecule has 10 aliphatic heterocycles. The van der Waals surface area contributed by atoms with Crippen molar-refractivity contribution in [1.82, 2.24) is 0 Å². The number of aryl methyl sites for hydroxylation is 1. The molecule has 91 heavy (non-hydrogen) atoms. The Kier molecular flexibility index (Phi) is 20.0. The van der Waals surface area contributed by atoms with Gasteiger partial charge < -0.3 is 140 Å². The number of hydrogen-bond acceptors (Lipinski definition) is 32. The average molecular weight is 1310 g/mol. The molecule has 11 rings (SSSR count). The van der Waals surface area contributed by atoms with Crippen LogP contribution in [-0.2, 0) is 109 Å². The van der Waals surface area contributed by atoms with Gasteiger partial charge in [-0.05, 0) is 67.0 Å². The number of benzene rings is 1. The third-order valence-electron chi connectivity index (χ3n) is 18.7. The van der Waals surface area contributed by atoms with Crippen LogP contribution in [-0.4, -0.2) is 282 Å². The van der Waals surface area contributed by atoms with E-state index in [1.807, 2.05) is 0 Å². The highest BCUT2D eigenvalue weighted by Crippen LogP contribution is 2.53. The van der Waals surface area contributed by atoms with Crippen LogP contribution in [0.15, 0.2) is 12.1 Å². The molecule has 1 aromatic carbocycles. The molecule has 1 aromatic rings. The first kappa shape index (κ1) is 68.8. The van der Waals surface area contributed by atoms with Crippen LogP contribution in [0.3, 0.4) is 0 Å². The number of ether oxygens (including phenoxy) is 21. The van der Waals surface area contributed by atoms with Crippen molar-refractivity contribution in [3.8, 4) is 11.5 Å². The number of carbonyl (C=O) groups is 3. The lowest BCUT2D eigenvalue weighted by atomic mass is 9.81. The Labute approximate surface area is 523 Å². The van der Waals surface area contributed by atoms with Gasteiger partial charge in [0.15, 0.2) is 54.9 Å². The Morgan fingerprint density at radius 2 is 1.35 bits per heavy atom. The molecule has 32 nitrogen and oxygen atoms in total. The zero-order chi connectivity index (χ0) is 65.7. The topological polar surface area (TPSA) is 407 Å². The Morgan fingerprint density at radius 3 is 2.02 bits per heavy atom. The van der Waals surface area contributed by atoms with Crippen molar-refractivity contribution < 1.29 is 155 Å². The Hall–Kier alpha value is -3.57. The number of aliphatic hydroxyl groups excluding tert-OH is 5. The van der Waals surface area contributed by atoms with E-state index in [2.05, 4.69) is 0 Å². The lowest BCUT2D eigenvalue weighted by Crippen LogP contribution is -2.72. The van der Waals surface area contributed by atoms with Crippen molar-refractivity contribution in [2.75, 3.05) is 34.2 Å². The van der Waals surface area contributed by atoms with Gasteiger partial charge in [-0.2, -0.15) is 0 Å². The molecule has 0 aromatic heterocycles. The van der Waals surface area contributed by atoms with E-state index >= 15 is 0 Å². The summed E-state index contributed by atoms with van der Waals surface area (Å²) < 4.78 is 129. The molecule has 32 heteroatoms. The van der Waals surface area contributed by atoms with E-state index in [0.29, 0.717) is 0 Å². The summed E-state index contributed by atoms with van der Waals surface area (Å²) in [6, 6.07) is 2.29. The quantitative estimate of drug-likeness (QED) is 0.0900. The predicted molar refractivity (Wildman–Crippen MR) is 293 cm³/mol. The van der Waals surface area contributed by atoms with Crippen LogP contribution >= 0.6 is 0 Å². The summed E-state index contributed by atoms with van der Waals surface area (Å²) in [7, 11) is 2.75. The minimum atomic E-state index is -2.14. The summed E-state index contributed by atoms with van der Waals surface area (Å²) in [6.07, 6.45) is -34.3. The SMILES string of the molecule is COC[C@H]1O[C@@H](O[C@H]2OC[C@@H]3O[C@]4(O[C@H]3[C@H]2OC(=O)C(C)C)O[C@H](C)[C@@](O)(C(C)=O)[C@@H]2OCO[C@H]24)[C@@H](O)[C@@H](O)[C@@H]1O[C@@H]1O[C@H](C)[C@H](OC)[C@H](O[C@H]2C[C@@]3(C)OC4(C[C@@H](O)[C@H](O[C@H]5C[C@@H](O)[C@H](OC(=O)c6c(C)cc(O)cc6O)[C@@H](C)O5)[C@@H](C)O4)O[C@@H]3[C@@H](C)O2)[C@H]1O. The average Bonchev–Trinajstić information content (AvgIpc) is 1.60. The third kappa shape index (κ3) is 12.8. The van der Waals surface area contributed by atoms with Crippen molar-refractivity contribution in [1.29, 1.82) is 0 Å². The van der Waals surface area contributed by atoms with Crippen molar-refractivity contribution >= 4 is 17.7 Å². The van der Waals surface area contributed by atoms with Gasteiger partial charge >= 0.3 is 17.9 Å². The number of aliphatic hydroxyl groups is 6. The molecule has 0 aliphatic carbocycles. The second-order valence-corrected chi connectivity index (χ2v) is 25.7. The number of hydrogen-bond donors (Lipinski definition) is 8. The molecule has 10 saturated heterocycles. The van der Waals surface area contributed by atoms with Crippen molar-refractivity contribution in [2.24, 2.45) is 5.92 Å². The normalized spacial score (nSPS) is 48.9. The number of methoxy groups -OCH3 is 2. The fourth-order valence-electron chi connectivity index (χ4n) is 14.1. The van der Waals surface area contributed by atoms with Crippen LogP contribution < -0.4 is 0 Å². The van der Waals surface area contributed by atoms with E-state index in [4.69, 9.17) is 99.5 Å². The number of rotatable bonds is 16. The van der Waals surface area contributed by atoms with Gasteiger partial charge in [0.1, 0.15) is 103 Å². The molecule has 514 valence electrons. The molecule has 0 saturated carbocycles. The standard InChI is InChI=1S/C59H86O32/c1-21(2)51(68)83-47-45-34(88-59(89-45)50-49(74-20-75-50)58(70,27(8)60)28(9)87-59)19-73-55(47)85-53-39(66)38(65)44(33(79-53)18-71-11)84-54-40(67)46(43(72-12)24(5)78-54)81-36-17-56(10)48(26(7)77-36)90-57(91-56)16-32(64)42(25(6)86-57)80-35-15-31(63)41(23(4)76-35)82-52(69)37-22(3)13-29(61)14-30(37)62/h13-14,21,23-26,28,31-36,38-50,53-55,61-67,70H,15-20H2,1-12H3/t23-,24-,25-,26-,28-,31-,32-,33-,34+,35+,36+,38-,39+,40-,41-,42-,43+,44-,45-,46-,47-,48-,49-,50-,53+,54+,55-,56-,57?,58+,59-/m1/s1. The van der Waals surface area contributed by atoms with E-state index < -0.39 is 218 Å². The van der Waals surface area contributed by atoms with Crippen molar-refractivity contribution in [2.45, 2.75) is 277 Å². The summed E-state index contributed by atoms with van der Waals surface area (Å²) >= 11 is 0. The summed E-state index contributed by atoms with van der Waals surface area (Å²) in [5, 5.41) is 90.5. The van der Waals surface area contributed by atoms with Gasteiger partial charge in [0.05, 0.1) is 68.3 Å². The maximum atomic E-state index is 13.4. The van der Waals surface area contributed by atoms with Crippen LogP contribution in [0.25, 0.3) is 0 Å². The van der Waals surface area contributed by atoms with Gasteiger partial charge in [0, 0.05) is 33.1 Å². The van der Waals surface area contributed by atoms with Gasteiger partial charge in [0.25, 0.3) is 5.97 Å². The second kappa shape index (κ2) is 26.4. The molecule has 0 bridgehead atoms. The Bertz CT molecular complexity index is 2710. The van der Waals surface area contributed by atoms with Crippen molar-refractivity contribution in [3.05, 3.63) is 23.3 Å². The van der Waals surface area contributed by atoms with E-state index in [1.165, 1.54) is 41.1 Å². The molecule has 0 amide bonds. The summed E-state index contributed by atoms with van der Waals surface area (Å²) in [5.41, 5.74) is -3.26. The molecular formula is C59H86O32. The van der Waals surface area contributed by atoms with E-state index in [0.717, 1.165) is 6.07 Å². The van der Waals surface area contributed by atoms with Crippen molar-refractivity contribution in [3.63, 3.8) is 0 Å². The number of phenols is 2. The number of esters is 2. The Morgan fingerprint density at radius 1 is 0.659 bits per heavy atom. The molecule has 8 N–H and O–H groups in total. The first-order chi connectivity index (χ1) is 42.9. The lowest BCUT2D eigenvalue weighted by molar-refractivity contribution is -0.428. The highest BCUT2D eigenvalue weighted by atomic mass is 16.9. The number of phenolic OH excluding ortho intramolecular Hbond substituents is 2. The molecule has 2 spiro atoms. The molecule has 31 atom stereocenters. The monoisotopic (exact) mass is 1310 g/mol. The fourth-order valence-corrected chi connectivity index (χ4v) is 14.1. The largest absolute Gasteiger partial charge is 0.508 e. The van der Waals surface area contributed by atoms with Gasteiger partial charge in [0.2, 0.25) is 6.29 Å². The fraction of sp³-hybridized carbons (Fsp3) is 0.847. The van der Waals surface area contributed by atoms with Gasteiger partial charge in [-0.25, -0.2) is 4.79 Å². The van der Waals surface area contributed by atoms with E-state index in [-0.39, 0.29) is 56.1 Å². The first-order valence-corrected chi connectivity index (χ1v) is 30.7. The highest BCUT2D eigenvalue weighted by molar-refractivity contribution is 5.94. The molecule has 10 fully saturated rings. The minimum Gasteiger partial charge on any atom is -0.508 e. The predicted octanol–water partition coefficient (Wildman–Crippen LogP) is -1.21. The van der Waals surface area contributed by atoms with Crippen LogP contribution in [0.1, 0.15) is 97.5 Å². The van der Waals surface area contributed by atoms with Crippen LogP contribution in [0.5, 0.6) is 11.5 Å². The van der Waals surface area contributed by atoms with Crippen LogP contribution in [0.4, 0.5) is 0 Å². The zero-order valence-electron chi connectivity index (χ0n) is 52.4. The van der Waals surface area contributed by atoms with Gasteiger partial charge in [-0.15, -0.1) is 0 Å². The molecular weight excluding hydrogens is 1220 g/mol. The summed E-state index contributed by atoms with van der Waals surface area (Å²) in [4.78, 5) is 39.3. The number of carbonyl (C=O) groups excluding carboxylic acids is 3. The van der Waals surface area contributed by atoms with Gasteiger partial charge in [-0.3, -0.25) is 9.59 Å². The summed E-state index contributed by atoms with van der Waals surface area (Å²) in [6.45, 7) is 14.8. The van der Waals surface area contributed by atoms with Crippen LogP contribution in [0.2, 0.25) is 0 Å². The highest BCUT2D eigenvalue weighted by Gasteiger charge is 2.73. The number of fused-ring (bicyclic) bond motifs is 4. The molecule has 1 unspecified atom stereocenters. The first-order valence-electron chi connectivity index (χ1n) is 30.7. The minimum absolute atomic E-state index is 0.00750. The second-order valence-electron chi connectivity index (χ2n) is 25.7. The van der Waals surface area contributed by atoms with E-state index in [9.17, 15) is 55.2 Å². The zero-order valence-corrected chi connectivity index (χ0v) is 52.4. The Balaban J connectivity index is 0.717. The van der Waals surface area contributed by atoms with Crippen LogP contribution in [0, 0.1) is 12.8 Å². The lowest BCUT2D eigenvalue weighted by Gasteiger charge is -2.49. The van der Waals surface area contributed by atoms with Gasteiger partial charge in [-0.1, -0.05) is 13.8 Å². The van der Waals surface area contributed by atoms with E-state index in [1.54, 1.807) is 48.5 Å². The maximum Gasteiger partial charge on any atom is 0.342 e. The maximum absolute atomic E-state index is 13.4.